The van der Waals surface area contributed by atoms with E-state index in [9.17, 15) is 0 Å². The molecule has 4 rings (SSSR count). The highest BCUT2D eigenvalue weighted by Gasteiger charge is 2.28. The minimum Gasteiger partial charge on any atom is -0.354 e. The first kappa shape index (κ1) is 16.6. The van der Waals surface area contributed by atoms with Crippen molar-refractivity contribution in [1.29, 1.82) is 0 Å². The quantitative estimate of drug-likeness (QED) is 0.703. The number of fused-ring (bicyclic) bond motifs is 1. The van der Waals surface area contributed by atoms with E-state index in [1.165, 1.54) is 11.3 Å². The van der Waals surface area contributed by atoms with Crippen LogP contribution in [0.5, 0.6) is 0 Å². The van der Waals surface area contributed by atoms with Crippen molar-refractivity contribution in [3.8, 4) is 11.3 Å². The summed E-state index contributed by atoms with van der Waals surface area (Å²) in [5, 5.41) is 3.36. The molecule has 3 aromatic rings. The maximum atomic E-state index is 4.83. The molecular weight excluding hydrogens is 320 g/mol. The van der Waals surface area contributed by atoms with E-state index in [0.29, 0.717) is 12.0 Å². The molecule has 0 saturated heterocycles. The zero-order chi connectivity index (χ0) is 17.9. The summed E-state index contributed by atoms with van der Waals surface area (Å²) in [5.41, 5.74) is 4.68. The van der Waals surface area contributed by atoms with E-state index < -0.39 is 0 Å². The van der Waals surface area contributed by atoms with Crippen LogP contribution in [-0.2, 0) is 6.42 Å². The van der Waals surface area contributed by atoms with Crippen molar-refractivity contribution in [1.82, 2.24) is 9.97 Å². The highest BCUT2D eigenvalue weighted by molar-refractivity contribution is 5.73. The van der Waals surface area contributed by atoms with Crippen molar-refractivity contribution >= 4 is 17.5 Å². The molecule has 0 aliphatic carbocycles. The van der Waals surface area contributed by atoms with E-state index >= 15 is 0 Å². The summed E-state index contributed by atoms with van der Waals surface area (Å²) < 4.78 is 0. The Hall–Kier alpha value is -2.88. The van der Waals surface area contributed by atoms with Crippen LogP contribution in [0.15, 0.2) is 60.7 Å². The first-order valence-corrected chi connectivity index (χ1v) is 9.32. The Morgan fingerprint density at radius 2 is 1.81 bits per heavy atom. The number of rotatable bonds is 5. The van der Waals surface area contributed by atoms with Gasteiger partial charge in [-0.05, 0) is 31.4 Å². The van der Waals surface area contributed by atoms with Crippen LogP contribution in [0.1, 0.15) is 25.8 Å². The van der Waals surface area contributed by atoms with E-state index in [0.717, 1.165) is 36.5 Å². The molecule has 1 atom stereocenters. The van der Waals surface area contributed by atoms with Gasteiger partial charge in [0.05, 0.1) is 5.69 Å². The topological polar surface area (TPSA) is 41.1 Å². The van der Waals surface area contributed by atoms with Crippen LogP contribution in [0.2, 0.25) is 0 Å². The van der Waals surface area contributed by atoms with E-state index in [-0.39, 0.29) is 0 Å². The highest BCUT2D eigenvalue weighted by atomic mass is 15.3. The molecule has 0 saturated carbocycles. The van der Waals surface area contributed by atoms with Gasteiger partial charge in [0, 0.05) is 29.9 Å². The predicted octanol–water partition coefficient (Wildman–Crippen LogP) is 5.05. The smallest absolute Gasteiger partial charge is 0.225 e. The van der Waals surface area contributed by atoms with E-state index in [4.69, 9.17) is 9.97 Å². The summed E-state index contributed by atoms with van der Waals surface area (Å²) in [4.78, 5) is 11.9. The summed E-state index contributed by atoms with van der Waals surface area (Å²) in [7, 11) is 0. The molecular formula is C22H24N4. The Kier molecular flexibility index (Phi) is 4.57. The minimum atomic E-state index is 0.380. The van der Waals surface area contributed by atoms with Gasteiger partial charge in [-0.15, -0.1) is 0 Å². The average Bonchev–Trinajstić information content (AvgIpc) is 3.02. The number of hydrogen-bond acceptors (Lipinski definition) is 4. The third kappa shape index (κ3) is 3.15. The third-order valence-corrected chi connectivity index (χ3v) is 4.77. The average molecular weight is 344 g/mol. The fourth-order valence-electron chi connectivity index (χ4n) is 3.55. The lowest BCUT2D eigenvalue weighted by molar-refractivity contribution is 0.749. The Balaban J connectivity index is 1.80. The molecule has 4 heteroatoms. The van der Waals surface area contributed by atoms with Crippen LogP contribution >= 0.6 is 0 Å². The van der Waals surface area contributed by atoms with E-state index in [1.807, 2.05) is 18.2 Å². The first-order chi connectivity index (χ1) is 12.8. The van der Waals surface area contributed by atoms with Crippen molar-refractivity contribution in [3.05, 3.63) is 66.2 Å². The van der Waals surface area contributed by atoms with Crippen LogP contribution in [0.25, 0.3) is 11.3 Å². The molecule has 26 heavy (non-hydrogen) atoms. The van der Waals surface area contributed by atoms with Crippen molar-refractivity contribution in [3.63, 3.8) is 0 Å². The van der Waals surface area contributed by atoms with Crippen molar-refractivity contribution < 1.29 is 0 Å². The number of nitrogens with one attached hydrogen (secondary N) is 1. The second-order valence-electron chi connectivity index (χ2n) is 6.78. The van der Waals surface area contributed by atoms with Gasteiger partial charge in [0.1, 0.15) is 5.82 Å². The number of para-hydroxylation sites is 1. The van der Waals surface area contributed by atoms with Crippen LogP contribution in [0, 0.1) is 0 Å². The summed E-state index contributed by atoms with van der Waals surface area (Å²) >= 11 is 0. The van der Waals surface area contributed by atoms with Crippen LogP contribution in [0.4, 0.5) is 17.5 Å². The SMILES string of the molecule is CCCNc1nc(-c2ccccc2)cc(N2c3ccccc3CC2C)n1. The minimum absolute atomic E-state index is 0.380. The summed E-state index contributed by atoms with van der Waals surface area (Å²) in [5.74, 6) is 1.65. The number of anilines is 3. The van der Waals surface area contributed by atoms with Crippen molar-refractivity contribution in [2.45, 2.75) is 32.7 Å². The molecule has 1 aliphatic rings. The molecule has 0 bridgehead atoms. The van der Waals surface area contributed by atoms with Gasteiger partial charge in [-0.3, -0.25) is 0 Å². The van der Waals surface area contributed by atoms with Crippen LogP contribution < -0.4 is 10.2 Å². The molecule has 1 aliphatic heterocycles. The molecule has 1 unspecified atom stereocenters. The normalized spacial score (nSPS) is 15.8. The number of hydrogen-bond donors (Lipinski definition) is 1. The fourth-order valence-corrected chi connectivity index (χ4v) is 3.55. The zero-order valence-electron chi connectivity index (χ0n) is 15.3. The van der Waals surface area contributed by atoms with Gasteiger partial charge in [-0.2, -0.15) is 4.98 Å². The summed E-state index contributed by atoms with van der Waals surface area (Å²) in [6.45, 7) is 5.26. The van der Waals surface area contributed by atoms with Gasteiger partial charge in [0.2, 0.25) is 5.95 Å². The number of aromatic nitrogens is 2. The molecule has 2 aromatic carbocycles. The lowest BCUT2D eigenvalue weighted by atomic mass is 10.1. The van der Waals surface area contributed by atoms with Gasteiger partial charge in [-0.25, -0.2) is 4.98 Å². The van der Waals surface area contributed by atoms with Gasteiger partial charge in [0.25, 0.3) is 0 Å². The zero-order valence-corrected chi connectivity index (χ0v) is 15.3. The molecule has 132 valence electrons. The maximum Gasteiger partial charge on any atom is 0.225 e. The van der Waals surface area contributed by atoms with Gasteiger partial charge >= 0.3 is 0 Å². The largest absolute Gasteiger partial charge is 0.354 e. The van der Waals surface area contributed by atoms with Gasteiger partial charge in [0.15, 0.2) is 0 Å². The van der Waals surface area contributed by atoms with E-state index in [1.54, 1.807) is 0 Å². The lowest BCUT2D eigenvalue weighted by Crippen LogP contribution is -2.25. The lowest BCUT2D eigenvalue weighted by Gasteiger charge is -2.25. The number of nitrogens with zero attached hydrogens (tertiary/aromatic N) is 3. The second kappa shape index (κ2) is 7.16. The van der Waals surface area contributed by atoms with Crippen LogP contribution in [0.3, 0.4) is 0 Å². The molecule has 1 aromatic heterocycles. The molecule has 0 radical (unpaired) electrons. The predicted molar refractivity (Wildman–Crippen MR) is 108 cm³/mol. The molecule has 0 amide bonds. The highest BCUT2D eigenvalue weighted by Crippen LogP contribution is 2.38. The van der Waals surface area contributed by atoms with Gasteiger partial charge < -0.3 is 10.2 Å². The summed E-state index contributed by atoms with van der Waals surface area (Å²) in [6.07, 6.45) is 2.08. The molecule has 1 N–H and O–H groups in total. The fraction of sp³-hybridized carbons (Fsp3) is 0.273. The molecule has 2 heterocycles. The monoisotopic (exact) mass is 344 g/mol. The number of benzene rings is 2. The van der Waals surface area contributed by atoms with Crippen molar-refractivity contribution in [2.24, 2.45) is 0 Å². The third-order valence-electron chi connectivity index (χ3n) is 4.77. The standard InChI is InChI=1S/C22H24N4/c1-3-13-23-22-24-19(17-9-5-4-6-10-17)15-21(25-22)26-16(2)14-18-11-7-8-12-20(18)26/h4-12,15-16H,3,13-14H2,1-2H3,(H,23,24,25). The summed E-state index contributed by atoms with van der Waals surface area (Å²) in [6, 6.07) is 21.4. The van der Waals surface area contributed by atoms with Crippen LogP contribution in [-0.4, -0.2) is 22.6 Å². The molecule has 0 spiro atoms. The van der Waals surface area contributed by atoms with Crippen molar-refractivity contribution in [2.75, 3.05) is 16.8 Å². The second-order valence-corrected chi connectivity index (χ2v) is 6.78. The first-order valence-electron chi connectivity index (χ1n) is 9.32. The molecule has 4 nitrogen and oxygen atoms in total. The Labute approximate surface area is 154 Å². The van der Waals surface area contributed by atoms with Gasteiger partial charge in [-0.1, -0.05) is 55.5 Å². The van der Waals surface area contributed by atoms with E-state index in [2.05, 4.69) is 66.5 Å². The maximum absolute atomic E-state index is 4.83. The Bertz CT molecular complexity index is 892. The Morgan fingerprint density at radius 3 is 2.62 bits per heavy atom. The Morgan fingerprint density at radius 1 is 1.04 bits per heavy atom. The molecule has 0 fully saturated rings.